The standard InChI is InChI=1S/C19H23N5O2.CH2O2/c1-24-13-3-4-14(24)10-12(9-13)23-18(25)17(21)15-5-2-11(8-16(15)20)19-22-6-7-26-19;2-1-3/h2,5-8,12-14,21H,3-4,9-10,20H2,1H3,(H,23,25);1H,(H,2,3). The maximum absolute atomic E-state index is 12.6. The molecule has 2 unspecified atom stereocenters. The summed E-state index contributed by atoms with van der Waals surface area (Å²) in [5, 5.41) is 18.2. The Balaban J connectivity index is 0.000000755. The second-order valence-electron chi connectivity index (χ2n) is 7.31. The predicted octanol–water partition coefficient (Wildman–Crippen LogP) is 1.73. The number of nitrogens with zero attached hydrogens (tertiary/aromatic N) is 2. The third-order valence-electron chi connectivity index (χ3n) is 5.66. The second kappa shape index (κ2) is 8.87. The molecule has 0 aliphatic carbocycles. The highest BCUT2D eigenvalue weighted by Crippen LogP contribution is 2.34. The smallest absolute Gasteiger partial charge is 0.290 e. The van der Waals surface area contributed by atoms with Gasteiger partial charge in [0.1, 0.15) is 12.0 Å². The zero-order chi connectivity index (χ0) is 21.0. The van der Waals surface area contributed by atoms with Gasteiger partial charge in [0.25, 0.3) is 12.4 Å². The summed E-state index contributed by atoms with van der Waals surface area (Å²) < 4.78 is 5.25. The van der Waals surface area contributed by atoms with Crippen LogP contribution in [0.1, 0.15) is 31.2 Å². The van der Waals surface area contributed by atoms with Crippen LogP contribution in [0.25, 0.3) is 11.5 Å². The molecule has 9 nitrogen and oxygen atoms in total. The Bertz CT molecular complexity index is 869. The largest absolute Gasteiger partial charge is 0.483 e. The molecule has 3 heterocycles. The third kappa shape index (κ3) is 4.45. The van der Waals surface area contributed by atoms with Crippen molar-refractivity contribution in [2.75, 3.05) is 12.8 Å². The van der Waals surface area contributed by atoms with Crippen molar-refractivity contribution in [1.29, 1.82) is 5.41 Å². The monoisotopic (exact) mass is 399 g/mol. The number of aromatic nitrogens is 1. The molecule has 2 saturated heterocycles. The minimum absolute atomic E-state index is 0.104. The summed E-state index contributed by atoms with van der Waals surface area (Å²) in [6.45, 7) is -0.250. The number of oxazole rings is 1. The van der Waals surface area contributed by atoms with E-state index in [9.17, 15) is 4.79 Å². The molecule has 0 spiro atoms. The molecule has 1 aromatic carbocycles. The number of carboxylic acid groups (broad SMARTS) is 1. The van der Waals surface area contributed by atoms with Crippen LogP contribution in [0.2, 0.25) is 0 Å². The molecule has 2 atom stereocenters. The molecule has 29 heavy (non-hydrogen) atoms. The Morgan fingerprint density at radius 1 is 1.38 bits per heavy atom. The lowest BCUT2D eigenvalue weighted by Crippen LogP contribution is -2.50. The number of benzene rings is 1. The second-order valence-corrected chi connectivity index (χ2v) is 7.31. The van der Waals surface area contributed by atoms with Crippen molar-refractivity contribution in [2.24, 2.45) is 0 Å². The average Bonchev–Trinajstić information content (AvgIpc) is 3.28. The zero-order valence-corrected chi connectivity index (χ0v) is 16.2. The van der Waals surface area contributed by atoms with Crippen molar-refractivity contribution >= 4 is 23.8 Å². The maximum atomic E-state index is 12.6. The van der Waals surface area contributed by atoms with Crippen LogP contribution in [-0.4, -0.2) is 58.3 Å². The zero-order valence-electron chi connectivity index (χ0n) is 16.2. The highest BCUT2D eigenvalue weighted by molar-refractivity contribution is 6.45. The number of fused-ring (bicyclic) bond motifs is 2. The van der Waals surface area contributed by atoms with Crippen molar-refractivity contribution in [3.63, 3.8) is 0 Å². The number of anilines is 1. The van der Waals surface area contributed by atoms with Gasteiger partial charge in [0.15, 0.2) is 0 Å². The van der Waals surface area contributed by atoms with Crippen LogP contribution in [0.5, 0.6) is 0 Å². The fourth-order valence-electron chi connectivity index (χ4n) is 4.20. The van der Waals surface area contributed by atoms with E-state index in [0.29, 0.717) is 29.2 Å². The quantitative estimate of drug-likeness (QED) is 0.348. The molecule has 2 aliphatic heterocycles. The molecule has 2 aromatic rings. The normalized spacial score (nSPS) is 23.0. The molecule has 154 valence electrons. The molecule has 2 bridgehead atoms. The summed E-state index contributed by atoms with van der Waals surface area (Å²) in [6.07, 6.45) is 7.34. The summed E-state index contributed by atoms with van der Waals surface area (Å²) in [5.74, 6) is 0.0931. The van der Waals surface area contributed by atoms with Crippen molar-refractivity contribution < 1.29 is 19.1 Å². The fourth-order valence-corrected chi connectivity index (χ4v) is 4.20. The van der Waals surface area contributed by atoms with Crippen molar-refractivity contribution in [3.8, 4) is 11.5 Å². The Morgan fingerprint density at radius 3 is 2.59 bits per heavy atom. The van der Waals surface area contributed by atoms with E-state index in [4.69, 9.17) is 25.5 Å². The number of nitrogens with two attached hydrogens (primary N) is 1. The summed E-state index contributed by atoms with van der Waals surface area (Å²) >= 11 is 0. The summed E-state index contributed by atoms with van der Waals surface area (Å²) in [7, 11) is 2.17. The van der Waals surface area contributed by atoms with Gasteiger partial charge in [0.2, 0.25) is 5.89 Å². The first-order valence-electron chi connectivity index (χ1n) is 9.43. The Morgan fingerprint density at radius 2 is 2.03 bits per heavy atom. The van der Waals surface area contributed by atoms with Crippen molar-refractivity contribution in [1.82, 2.24) is 15.2 Å². The first kappa shape index (κ1) is 20.5. The first-order chi connectivity index (χ1) is 13.9. The number of nitrogens with one attached hydrogen (secondary N) is 2. The van der Waals surface area contributed by atoms with E-state index in [-0.39, 0.29) is 24.1 Å². The van der Waals surface area contributed by atoms with E-state index in [0.717, 1.165) is 18.4 Å². The lowest BCUT2D eigenvalue weighted by atomic mass is 9.97. The van der Waals surface area contributed by atoms with Gasteiger partial charge in [-0.25, -0.2) is 4.98 Å². The number of hydrogen-bond acceptors (Lipinski definition) is 7. The lowest BCUT2D eigenvalue weighted by Gasteiger charge is -2.36. The first-order valence-corrected chi connectivity index (χ1v) is 9.43. The van der Waals surface area contributed by atoms with Crippen LogP contribution >= 0.6 is 0 Å². The number of hydrogen-bond donors (Lipinski definition) is 4. The molecule has 0 saturated carbocycles. The van der Waals surface area contributed by atoms with Gasteiger partial charge < -0.3 is 25.5 Å². The Kier molecular flexibility index (Phi) is 6.28. The van der Waals surface area contributed by atoms with Gasteiger partial charge in [-0.2, -0.15) is 0 Å². The van der Waals surface area contributed by atoms with Crippen LogP contribution in [0.15, 0.2) is 35.1 Å². The molecule has 1 aromatic heterocycles. The van der Waals surface area contributed by atoms with Crippen molar-refractivity contribution in [2.45, 2.75) is 43.8 Å². The summed E-state index contributed by atoms with van der Waals surface area (Å²) in [4.78, 5) is 27.4. The van der Waals surface area contributed by atoms with Crippen LogP contribution in [0.3, 0.4) is 0 Å². The van der Waals surface area contributed by atoms with E-state index in [2.05, 4.69) is 22.2 Å². The summed E-state index contributed by atoms with van der Waals surface area (Å²) in [6, 6.07) is 6.32. The highest BCUT2D eigenvalue weighted by atomic mass is 16.3. The third-order valence-corrected chi connectivity index (χ3v) is 5.66. The van der Waals surface area contributed by atoms with Gasteiger partial charge in [-0.05, 0) is 50.9 Å². The van der Waals surface area contributed by atoms with Crippen LogP contribution < -0.4 is 11.1 Å². The minimum Gasteiger partial charge on any atom is -0.483 e. The van der Waals surface area contributed by atoms with Crippen LogP contribution in [0, 0.1) is 5.41 Å². The van der Waals surface area contributed by atoms with Crippen LogP contribution in [-0.2, 0) is 9.59 Å². The Hall–Kier alpha value is -3.20. The van der Waals surface area contributed by atoms with E-state index in [1.165, 1.54) is 19.1 Å². The van der Waals surface area contributed by atoms with Crippen molar-refractivity contribution in [3.05, 3.63) is 36.2 Å². The van der Waals surface area contributed by atoms with Gasteiger partial charge in [-0.15, -0.1) is 0 Å². The minimum atomic E-state index is -0.366. The predicted molar refractivity (Wildman–Crippen MR) is 108 cm³/mol. The van der Waals surface area contributed by atoms with Gasteiger partial charge in [-0.3, -0.25) is 15.0 Å². The van der Waals surface area contributed by atoms with Gasteiger partial charge in [-0.1, -0.05) is 0 Å². The number of amides is 1. The molecule has 0 radical (unpaired) electrons. The molecule has 1 amide bonds. The fraction of sp³-hybridized carbons (Fsp3) is 0.400. The summed E-state index contributed by atoms with van der Waals surface area (Å²) in [5.41, 5.74) is 7.48. The molecular weight excluding hydrogens is 374 g/mol. The average molecular weight is 399 g/mol. The molecule has 9 heteroatoms. The van der Waals surface area contributed by atoms with E-state index in [1.54, 1.807) is 24.4 Å². The number of nitrogen functional groups attached to an aromatic ring is 1. The van der Waals surface area contributed by atoms with Gasteiger partial charge >= 0.3 is 0 Å². The highest BCUT2D eigenvalue weighted by Gasteiger charge is 2.39. The molecular formula is C20H25N5O4. The Labute approximate surface area is 168 Å². The SMILES string of the molecule is CN1C2CCC1CC(NC(=O)C(=N)c1ccc(-c3ncco3)cc1N)C2.O=CO. The van der Waals surface area contributed by atoms with E-state index in [1.807, 2.05) is 0 Å². The number of rotatable bonds is 4. The number of piperidine rings is 1. The molecule has 4 rings (SSSR count). The van der Waals surface area contributed by atoms with E-state index < -0.39 is 0 Å². The molecule has 5 N–H and O–H groups in total. The van der Waals surface area contributed by atoms with Gasteiger partial charge in [0, 0.05) is 34.9 Å². The molecule has 2 fully saturated rings. The lowest BCUT2D eigenvalue weighted by molar-refractivity contribution is -0.123. The maximum Gasteiger partial charge on any atom is 0.290 e. The van der Waals surface area contributed by atoms with Gasteiger partial charge in [0.05, 0.1) is 6.20 Å². The molecule has 2 aliphatic rings. The van der Waals surface area contributed by atoms with E-state index >= 15 is 0 Å². The number of carbonyl (C=O) groups is 2. The topological polar surface area (TPSA) is 146 Å². The van der Waals surface area contributed by atoms with Crippen LogP contribution in [0.4, 0.5) is 5.69 Å². The number of carbonyl (C=O) groups excluding carboxylic acids is 1.